The smallest absolute Gasteiger partial charge is 0.244 e. The Morgan fingerprint density at radius 1 is 1.45 bits per heavy atom. The molecule has 2 aromatic rings. The molecule has 118 valence electrons. The molecular weight excluding hydrogens is 278 g/mol. The Morgan fingerprint density at radius 2 is 2.32 bits per heavy atom. The molecule has 1 aromatic heterocycles. The normalized spacial score (nSPS) is 18.0. The van der Waals surface area contributed by atoms with Crippen molar-refractivity contribution in [2.45, 2.75) is 38.3 Å². The molecule has 1 amide bonds. The topological polar surface area (TPSA) is 47.4 Å². The summed E-state index contributed by atoms with van der Waals surface area (Å²) in [5, 5.41) is 5.38. The van der Waals surface area contributed by atoms with E-state index in [1.54, 1.807) is 15.8 Å². The number of hydrogen-bond acceptors (Lipinski definition) is 3. The summed E-state index contributed by atoms with van der Waals surface area (Å²) in [5.41, 5.74) is 1.00. The van der Waals surface area contributed by atoms with E-state index >= 15 is 0 Å². The lowest BCUT2D eigenvalue weighted by Gasteiger charge is -2.18. The lowest BCUT2D eigenvalue weighted by Crippen LogP contribution is -2.31. The number of aromatic nitrogens is 2. The lowest BCUT2D eigenvalue weighted by molar-refractivity contribution is -0.130. The molecule has 0 aliphatic carbocycles. The first-order valence-electron chi connectivity index (χ1n) is 8.00. The van der Waals surface area contributed by atoms with Crippen molar-refractivity contribution >= 4 is 16.8 Å². The van der Waals surface area contributed by atoms with Gasteiger partial charge in [0.1, 0.15) is 6.54 Å². The van der Waals surface area contributed by atoms with Crippen molar-refractivity contribution in [3.63, 3.8) is 0 Å². The van der Waals surface area contributed by atoms with Crippen LogP contribution in [0.5, 0.6) is 0 Å². The largest absolute Gasteiger partial charge is 0.378 e. The van der Waals surface area contributed by atoms with Gasteiger partial charge in [0.05, 0.1) is 17.8 Å². The van der Waals surface area contributed by atoms with Gasteiger partial charge in [0.2, 0.25) is 5.91 Å². The SMILES string of the molecule is CN(CCC[C@@H]1CCCO1)C(=O)Cn1ncc2ccccc21. The van der Waals surface area contributed by atoms with Gasteiger partial charge in [0.15, 0.2) is 0 Å². The first-order valence-corrected chi connectivity index (χ1v) is 8.00. The Kier molecular flexibility index (Phi) is 4.73. The van der Waals surface area contributed by atoms with Crippen molar-refractivity contribution in [1.82, 2.24) is 14.7 Å². The van der Waals surface area contributed by atoms with Crippen LogP contribution in [-0.2, 0) is 16.1 Å². The van der Waals surface area contributed by atoms with Crippen LogP contribution in [0.2, 0.25) is 0 Å². The molecule has 0 spiro atoms. The van der Waals surface area contributed by atoms with Gasteiger partial charge in [0.25, 0.3) is 0 Å². The van der Waals surface area contributed by atoms with Gasteiger partial charge in [-0.25, -0.2) is 0 Å². The van der Waals surface area contributed by atoms with Crippen LogP contribution in [0.4, 0.5) is 0 Å². The molecule has 5 heteroatoms. The van der Waals surface area contributed by atoms with Crippen LogP contribution in [0, 0.1) is 0 Å². The van der Waals surface area contributed by atoms with Gasteiger partial charge in [-0.05, 0) is 31.7 Å². The van der Waals surface area contributed by atoms with Crippen LogP contribution in [0.25, 0.3) is 10.9 Å². The third-order valence-electron chi connectivity index (χ3n) is 4.31. The minimum absolute atomic E-state index is 0.0983. The van der Waals surface area contributed by atoms with Gasteiger partial charge in [0, 0.05) is 25.6 Å². The fourth-order valence-electron chi connectivity index (χ4n) is 2.95. The first-order chi connectivity index (χ1) is 10.7. The first kappa shape index (κ1) is 15.0. The molecule has 1 saturated heterocycles. The van der Waals surface area contributed by atoms with Crippen LogP contribution in [0.1, 0.15) is 25.7 Å². The van der Waals surface area contributed by atoms with Gasteiger partial charge >= 0.3 is 0 Å². The molecule has 1 aliphatic heterocycles. The van der Waals surface area contributed by atoms with Crippen LogP contribution in [0.3, 0.4) is 0 Å². The second-order valence-corrected chi connectivity index (χ2v) is 5.95. The monoisotopic (exact) mass is 301 g/mol. The number of fused-ring (bicyclic) bond motifs is 1. The molecule has 0 N–H and O–H groups in total. The van der Waals surface area contributed by atoms with E-state index in [-0.39, 0.29) is 5.91 Å². The Balaban J connectivity index is 1.50. The van der Waals surface area contributed by atoms with E-state index in [4.69, 9.17) is 4.74 Å². The maximum Gasteiger partial charge on any atom is 0.244 e. The maximum atomic E-state index is 12.3. The predicted octanol–water partition coefficient (Wildman–Crippen LogP) is 2.45. The lowest BCUT2D eigenvalue weighted by atomic mass is 10.1. The highest BCUT2D eigenvalue weighted by molar-refractivity contribution is 5.81. The van der Waals surface area contributed by atoms with Gasteiger partial charge < -0.3 is 9.64 Å². The highest BCUT2D eigenvalue weighted by atomic mass is 16.5. The standard InChI is InChI=1S/C17H23N3O2/c1-19(10-4-7-15-8-5-11-22-15)17(21)13-20-16-9-3-2-6-14(16)12-18-20/h2-3,6,9,12,15H,4-5,7-8,10-11,13H2,1H3/t15-/m1/s1. The third-order valence-corrected chi connectivity index (χ3v) is 4.31. The molecule has 0 unspecified atom stereocenters. The molecular formula is C17H23N3O2. The average molecular weight is 301 g/mol. The number of amides is 1. The fourth-order valence-corrected chi connectivity index (χ4v) is 2.95. The fraction of sp³-hybridized carbons (Fsp3) is 0.529. The van der Waals surface area contributed by atoms with Crippen molar-refractivity contribution in [2.24, 2.45) is 0 Å². The molecule has 0 radical (unpaired) electrons. The molecule has 1 atom stereocenters. The Labute approximate surface area is 130 Å². The van der Waals surface area contributed by atoms with E-state index in [1.165, 1.54) is 6.42 Å². The van der Waals surface area contributed by atoms with Crippen molar-refractivity contribution in [3.05, 3.63) is 30.5 Å². The number of carbonyl (C=O) groups excluding carboxylic acids is 1. The number of nitrogens with zero attached hydrogens (tertiary/aromatic N) is 3. The van der Waals surface area contributed by atoms with E-state index in [2.05, 4.69) is 5.10 Å². The second-order valence-electron chi connectivity index (χ2n) is 5.95. The minimum Gasteiger partial charge on any atom is -0.378 e. The molecule has 5 nitrogen and oxygen atoms in total. The van der Waals surface area contributed by atoms with Crippen LogP contribution in [-0.4, -0.2) is 46.9 Å². The number of likely N-dealkylation sites (N-methyl/N-ethyl adjacent to an activating group) is 1. The summed E-state index contributed by atoms with van der Waals surface area (Å²) < 4.78 is 7.38. The summed E-state index contributed by atoms with van der Waals surface area (Å²) in [5.74, 6) is 0.0983. The van der Waals surface area contributed by atoms with Crippen molar-refractivity contribution in [1.29, 1.82) is 0 Å². The van der Waals surface area contributed by atoms with Crippen LogP contribution >= 0.6 is 0 Å². The molecule has 22 heavy (non-hydrogen) atoms. The zero-order chi connectivity index (χ0) is 15.4. The summed E-state index contributed by atoms with van der Waals surface area (Å²) in [4.78, 5) is 14.1. The summed E-state index contributed by atoms with van der Waals surface area (Å²) in [6, 6.07) is 7.95. The van der Waals surface area contributed by atoms with Gasteiger partial charge in [-0.3, -0.25) is 9.48 Å². The molecule has 2 heterocycles. The molecule has 1 aliphatic rings. The number of hydrogen-bond donors (Lipinski definition) is 0. The van der Waals surface area contributed by atoms with Crippen molar-refractivity contribution in [3.8, 4) is 0 Å². The Bertz CT molecular complexity index is 632. The van der Waals surface area contributed by atoms with Gasteiger partial charge in [-0.2, -0.15) is 5.10 Å². The number of rotatable bonds is 6. The molecule has 0 saturated carbocycles. The maximum absolute atomic E-state index is 12.3. The quantitative estimate of drug-likeness (QED) is 0.823. The Morgan fingerprint density at radius 3 is 3.14 bits per heavy atom. The number of benzene rings is 1. The Hall–Kier alpha value is -1.88. The summed E-state index contributed by atoms with van der Waals surface area (Å²) >= 11 is 0. The summed E-state index contributed by atoms with van der Waals surface area (Å²) in [6.07, 6.45) is 6.58. The average Bonchev–Trinajstić information content (AvgIpc) is 3.17. The van der Waals surface area contributed by atoms with E-state index in [0.717, 1.165) is 43.3 Å². The second kappa shape index (κ2) is 6.92. The molecule has 3 rings (SSSR count). The highest BCUT2D eigenvalue weighted by Gasteiger charge is 2.16. The zero-order valence-electron chi connectivity index (χ0n) is 13.1. The molecule has 0 bridgehead atoms. The van der Waals surface area contributed by atoms with E-state index in [9.17, 15) is 4.79 Å². The van der Waals surface area contributed by atoms with Crippen molar-refractivity contribution in [2.75, 3.05) is 20.2 Å². The zero-order valence-corrected chi connectivity index (χ0v) is 13.1. The van der Waals surface area contributed by atoms with Crippen molar-refractivity contribution < 1.29 is 9.53 Å². The predicted molar refractivity (Wildman–Crippen MR) is 85.6 cm³/mol. The number of ether oxygens (including phenoxy) is 1. The van der Waals surface area contributed by atoms with E-state index < -0.39 is 0 Å². The van der Waals surface area contributed by atoms with Gasteiger partial charge in [-0.1, -0.05) is 18.2 Å². The summed E-state index contributed by atoms with van der Waals surface area (Å²) in [6.45, 7) is 1.97. The number of para-hydroxylation sites is 1. The molecule has 1 fully saturated rings. The van der Waals surface area contributed by atoms with Crippen LogP contribution < -0.4 is 0 Å². The van der Waals surface area contributed by atoms with E-state index in [0.29, 0.717) is 12.6 Å². The highest BCUT2D eigenvalue weighted by Crippen LogP contribution is 2.17. The summed E-state index contributed by atoms with van der Waals surface area (Å²) in [7, 11) is 1.86. The third kappa shape index (κ3) is 3.47. The minimum atomic E-state index is 0.0983. The van der Waals surface area contributed by atoms with Gasteiger partial charge in [-0.15, -0.1) is 0 Å². The van der Waals surface area contributed by atoms with Crippen LogP contribution in [0.15, 0.2) is 30.5 Å². The van der Waals surface area contributed by atoms with E-state index in [1.807, 2.05) is 31.3 Å². The number of carbonyl (C=O) groups is 1. The molecule has 1 aromatic carbocycles.